The van der Waals surface area contributed by atoms with Crippen molar-refractivity contribution in [1.29, 1.82) is 5.26 Å². The van der Waals surface area contributed by atoms with Crippen LogP contribution in [0.5, 0.6) is 0 Å². The zero-order valence-electron chi connectivity index (χ0n) is 17.8. The Labute approximate surface area is 203 Å². The molecule has 0 spiro atoms. The van der Waals surface area contributed by atoms with E-state index in [1.165, 1.54) is 4.88 Å². The van der Waals surface area contributed by atoms with Crippen LogP contribution < -0.4 is 16.4 Å². The average molecular weight is 550 g/mol. The van der Waals surface area contributed by atoms with Gasteiger partial charge in [-0.25, -0.2) is 9.67 Å². The van der Waals surface area contributed by atoms with Gasteiger partial charge in [-0.1, -0.05) is 18.2 Å². The van der Waals surface area contributed by atoms with Gasteiger partial charge >= 0.3 is 0 Å². The summed E-state index contributed by atoms with van der Waals surface area (Å²) in [5, 5.41) is 21.8. The first-order valence-corrected chi connectivity index (χ1v) is 10.6. The summed E-state index contributed by atoms with van der Waals surface area (Å²) in [7, 11) is 1.75. The van der Waals surface area contributed by atoms with Gasteiger partial charge in [-0.05, 0) is 38.8 Å². The van der Waals surface area contributed by atoms with Crippen LogP contribution in [0.15, 0.2) is 35.3 Å². The maximum Gasteiger partial charge on any atom is 0.191 e. The van der Waals surface area contributed by atoms with E-state index in [9.17, 15) is 5.26 Å². The van der Waals surface area contributed by atoms with Gasteiger partial charge < -0.3 is 16.4 Å². The van der Waals surface area contributed by atoms with Gasteiger partial charge in [-0.3, -0.25) is 4.99 Å². The Morgan fingerprint density at radius 3 is 2.61 bits per heavy atom. The third-order valence-electron chi connectivity index (χ3n) is 4.63. The van der Waals surface area contributed by atoms with Crippen LogP contribution >= 0.6 is 35.3 Å². The molecule has 0 radical (unpaired) electrons. The largest absolute Gasteiger partial charge is 0.382 e. The normalized spacial score (nSPS) is 11.0. The molecule has 8 nitrogen and oxygen atoms in total. The molecule has 0 atom stereocenters. The number of halogens is 1. The number of guanidine groups is 1. The van der Waals surface area contributed by atoms with Crippen molar-refractivity contribution in [2.24, 2.45) is 4.99 Å². The Morgan fingerprint density at radius 1 is 1.26 bits per heavy atom. The van der Waals surface area contributed by atoms with E-state index in [1.54, 1.807) is 23.1 Å². The van der Waals surface area contributed by atoms with Crippen molar-refractivity contribution in [3.05, 3.63) is 57.2 Å². The number of nitrogen functional groups attached to an aromatic ring is 1. The molecule has 0 fully saturated rings. The highest BCUT2D eigenvalue weighted by atomic mass is 127. The fourth-order valence-electron chi connectivity index (χ4n) is 3.13. The van der Waals surface area contributed by atoms with E-state index in [4.69, 9.17) is 5.73 Å². The Hall–Kier alpha value is -2.65. The molecule has 3 aromatic rings. The summed E-state index contributed by atoms with van der Waals surface area (Å²) in [6.45, 7) is 5.41. The van der Waals surface area contributed by atoms with Gasteiger partial charge in [0.15, 0.2) is 5.96 Å². The number of benzene rings is 1. The van der Waals surface area contributed by atoms with Gasteiger partial charge in [0.1, 0.15) is 17.5 Å². The van der Waals surface area contributed by atoms with E-state index in [2.05, 4.69) is 31.8 Å². The first-order valence-electron chi connectivity index (χ1n) is 9.73. The Morgan fingerprint density at radius 2 is 2.00 bits per heavy atom. The molecule has 0 aliphatic heterocycles. The van der Waals surface area contributed by atoms with Crippen LogP contribution in [0.2, 0.25) is 0 Å². The summed E-state index contributed by atoms with van der Waals surface area (Å²) in [5.74, 6) is 1.11. The predicted octanol–water partition coefficient (Wildman–Crippen LogP) is 3.32. The monoisotopic (exact) mass is 550 g/mol. The number of hydrogen-bond donors (Lipinski definition) is 3. The molecule has 31 heavy (non-hydrogen) atoms. The quantitative estimate of drug-likeness (QED) is 0.180. The van der Waals surface area contributed by atoms with Gasteiger partial charge in [-0.15, -0.1) is 35.3 Å². The van der Waals surface area contributed by atoms with Gasteiger partial charge in [0.2, 0.25) is 0 Å². The molecule has 0 unspecified atom stereocenters. The molecule has 0 amide bonds. The molecule has 3 rings (SSSR count). The van der Waals surface area contributed by atoms with Gasteiger partial charge in [0, 0.05) is 18.5 Å². The van der Waals surface area contributed by atoms with E-state index < -0.39 is 0 Å². The highest BCUT2D eigenvalue weighted by molar-refractivity contribution is 14.0. The van der Waals surface area contributed by atoms with Crippen LogP contribution in [0.1, 0.15) is 33.3 Å². The van der Waals surface area contributed by atoms with Crippen molar-refractivity contribution in [1.82, 2.24) is 25.4 Å². The molecule has 0 bridgehead atoms. The van der Waals surface area contributed by atoms with Crippen molar-refractivity contribution < 1.29 is 0 Å². The fraction of sp³-hybridized carbons (Fsp3) is 0.333. The number of nitrogens with one attached hydrogen (secondary N) is 2. The number of aryl methyl sites for hydroxylation is 3. The van der Waals surface area contributed by atoms with Crippen LogP contribution in [0, 0.1) is 25.2 Å². The number of rotatable bonds is 7. The average Bonchev–Trinajstić information content (AvgIpc) is 3.25. The van der Waals surface area contributed by atoms with E-state index >= 15 is 0 Å². The second-order valence-electron chi connectivity index (χ2n) is 6.76. The van der Waals surface area contributed by atoms with Crippen LogP contribution in [-0.4, -0.2) is 34.3 Å². The van der Waals surface area contributed by atoms with Gasteiger partial charge in [0.05, 0.1) is 28.6 Å². The minimum Gasteiger partial charge on any atom is -0.382 e. The molecule has 0 aliphatic rings. The van der Waals surface area contributed by atoms with Crippen LogP contribution in [-0.2, 0) is 13.0 Å². The number of anilines is 1. The number of aromatic nitrogens is 3. The zero-order valence-corrected chi connectivity index (χ0v) is 21.0. The van der Waals surface area contributed by atoms with Crippen molar-refractivity contribution >= 4 is 47.1 Å². The second kappa shape index (κ2) is 11.7. The van der Waals surface area contributed by atoms with Crippen LogP contribution in [0.4, 0.5) is 5.82 Å². The molecule has 10 heteroatoms. The van der Waals surface area contributed by atoms with Crippen LogP contribution in [0.25, 0.3) is 5.69 Å². The number of thiazole rings is 1. The lowest BCUT2D eigenvalue weighted by atomic mass is 10.1. The van der Waals surface area contributed by atoms with Crippen molar-refractivity contribution in [3.63, 3.8) is 0 Å². The lowest BCUT2D eigenvalue weighted by Crippen LogP contribution is -2.37. The lowest BCUT2D eigenvalue weighted by molar-refractivity contribution is 0.722. The molecule has 1 aromatic carbocycles. The summed E-state index contributed by atoms with van der Waals surface area (Å²) in [6.07, 6.45) is 1.43. The smallest absolute Gasteiger partial charge is 0.191 e. The van der Waals surface area contributed by atoms with E-state index in [-0.39, 0.29) is 24.0 Å². The second-order valence-corrected chi connectivity index (χ2v) is 8.05. The molecule has 4 N–H and O–H groups in total. The van der Waals surface area contributed by atoms with Crippen molar-refractivity contribution in [2.75, 3.05) is 19.3 Å². The Balaban J connectivity index is 0.00000341. The zero-order chi connectivity index (χ0) is 21.5. The fourth-order valence-corrected chi connectivity index (χ4v) is 4.00. The summed E-state index contributed by atoms with van der Waals surface area (Å²) in [4.78, 5) is 9.91. The summed E-state index contributed by atoms with van der Waals surface area (Å²) in [5.41, 5.74) is 9.20. The van der Waals surface area contributed by atoms with E-state index in [0.29, 0.717) is 36.6 Å². The van der Waals surface area contributed by atoms with Gasteiger partial charge in [0.25, 0.3) is 0 Å². The third kappa shape index (κ3) is 6.18. The third-order valence-corrected chi connectivity index (χ3v) is 5.70. The first-order chi connectivity index (χ1) is 14.5. The number of hydrogen-bond acceptors (Lipinski definition) is 6. The van der Waals surface area contributed by atoms with Gasteiger partial charge in [-0.2, -0.15) is 10.4 Å². The molecule has 0 saturated heterocycles. The molecule has 2 heterocycles. The number of nitrogens with two attached hydrogens (primary N) is 1. The first kappa shape index (κ1) is 24.6. The molecule has 164 valence electrons. The molecule has 0 aliphatic carbocycles. The lowest BCUT2D eigenvalue weighted by Gasteiger charge is -2.11. The summed E-state index contributed by atoms with van der Waals surface area (Å²) >= 11 is 1.69. The number of nitriles is 1. The Bertz CT molecular complexity index is 1070. The highest BCUT2D eigenvalue weighted by Crippen LogP contribution is 2.21. The number of nitrogens with zero attached hydrogens (tertiary/aromatic N) is 5. The molecular weight excluding hydrogens is 523 g/mol. The molecule has 0 saturated carbocycles. The SMILES string of the molecule is CN=C(NCCCc1nn(-c2ccccc2)c(N)c1C#N)NCc1sc(C)nc1C.I. The van der Waals surface area contributed by atoms with Crippen molar-refractivity contribution in [3.8, 4) is 11.8 Å². The molecule has 2 aromatic heterocycles. The minimum atomic E-state index is 0. The number of para-hydroxylation sites is 1. The van der Waals surface area contributed by atoms with Crippen LogP contribution in [0.3, 0.4) is 0 Å². The molecular formula is C21H27IN8S. The van der Waals surface area contributed by atoms with E-state index in [0.717, 1.165) is 28.8 Å². The minimum absolute atomic E-state index is 0. The predicted molar refractivity (Wildman–Crippen MR) is 136 cm³/mol. The topological polar surface area (TPSA) is 117 Å². The number of aliphatic imine (C=N–C) groups is 1. The maximum atomic E-state index is 9.51. The van der Waals surface area contributed by atoms with E-state index in [1.807, 2.05) is 44.2 Å². The highest BCUT2D eigenvalue weighted by Gasteiger charge is 2.16. The standard InChI is InChI=1S/C21H26N8S.HI/c1-14-19(30-15(2)27-14)13-26-21(24-3)25-11-7-10-18-17(12-22)20(23)29(28-18)16-8-5-4-6-9-16;/h4-6,8-9H,7,10-11,13,23H2,1-3H3,(H2,24,25,26);1H. The summed E-state index contributed by atoms with van der Waals surface area (Å²) in [6, 6.07) is 11.8. The summed E-state index contributed by atoms with van der Waals surface area (Å²) < 4.78 is 1.63. The van der Waals surface area contributed by atoms with Crippen molar-refractivity contribution in [2.45, 2.75) is 33.2 Å². The Kier molecular flexibility index (Phi) is 9.26. The maximum absolute atomic E-state index is 9.51.